The smallest absolute Gasteiger partial charge is 0.251 e. The average molecular weight is 446 g/mol. The molecule has 1 saturated carbocycles. The molecule has 2 heterocycles. The van der Waals surface area contributed by atoms with Gasteiger partial charge in [0.05, 0.1) is 28.4 Å². The first kappa shape index (κ1) is 20.5. The Balaban J connectivity index is 1.58. The van der Waals surface area contributed by atoms with Crippen LogP contribution in [0.4, 0.5) is 0 Å². The maximum Gasteiger partial charge on any atom is 0.251 e. The molecule has 1 aliphatic carbocycles. The molecule has 162 valence electrons. The minimum atomic E-state index is -1.37. The maximum atomic E-state index is 12.9. The zero-order valence-corrected chi connectivity index (χ0v) is 18.2. The van der Waals surface area contributed by atoms with E-state index in [4.69, 9.17) is 5.73 Å². The van der Waals surface area contributed by atoms with Gasteiger partial charge >= 0.3 is 0 Å². The summed E-state index contributed by atoms with van der Waals surface area (Å²) in [4.78, 5) is 21.5. The Labute approximate surface area is 188 Å². The van der Waals surface area contributed by atoms with Crippen molar-refractivity contribution >= 4 is 22.4 Å². The van der Waals surface area contributed by atoms with E-state index in [1.54, 1.807) is 6.20 Å². The number of hydrogen-bond donors (Lipinski definition) is 2. The fourth-order valence-electron chi connectivity index (χ4n) is 3.57. The molecule has 7 nitrogen and oxygen atoms in total. The minimum Gasteiger partial charge on any atom is -0.349 e. The number of carbonyl (C=O) groups is 1. The standard InChI is InChI=1S/C24H23N5O2S/c25-12-13-32(31)24-22-26-14-21(29(22)15-20(28-24)16-4-2-1-3-5-16)17-6-8-18(9-7-17)23(30)27-19-10-11-19/h1-9,14-15,19H,10-13,25H2,(H,27,30). The van der Waals surface area contributed by atoms with Gasteiger partial charge in [-0.05, 0) is 25.0 Å². The van der Waals surface area contributed by atoms with Gasteiger partial charge in [0.1, 0.15) is 0 Å². The summed E-state index contributed by atoms with van der Waals surface area (Å²) in [5.41, 5.74) is 10.2. The largest absolute Gasteiger partial charge is 0.349 e. The van der Waals surface area contributed by atoms with Crippen LogP contribution in [0.25, 0.3) is 28.2 Å². The quantitative estimate of drug-likeness (QED) is 0.455. The van der Waals surface area contributed by atoms with E-state index in [9.17, 15) is 9.00 Å². The molecule has 2 aromatic carbocycles. The van der Waals surface area contributed by atoms with Crippen molar-refractivity contribution in [2.75, 3.05) is 12.3 Å². The number of amides is 1. The van der Waals surface area contributed by atoms with Crippen LogP contribution in [0.15, 0.2) is 72.0 Å². The van der Waals surface area contributed by atoms with Crippen LogP contribution in [0.1, 0.15) is 23.2 Å². The second-order valence-electron chi connectivity index (χ2n) is 7.80. The molecular formula is C24H23N5O2S. The lowest BCUT2D eigenvalue weighted by Crippen LogP contribution is -2.25. The van der Waals surface area contributed by atoms with E-state index in [-0.39, 0.29) is 5.91 Å². The van der Waals surface area contributed by atoms with Gasteiger partial charge in [-0.1, -0.05) is 42.5 Å². The highest BCUT2D eigenvalue weighted by atomic mass is 32.2. The summed E-state index contributed by atoms with van der Waals surface area (Å²) in [7, 11) is -1.37. The van der Waals surface area contributed by atoms with Crippen molar-refractivity contribution in [2.24, 2.45) is 5.73 Å². The van der Waals surface area contributed by atoms with Crippen molar-refractivity contribution in [3.05, 3.63) is 72.6 Å². The van der Waals surface area contributed by atoms with Crippen molar-refractivity contribution in [3.63, 3.8) is 0 Å². The summed E-state index contributed by atoms with van der Waals surface area (Å²) >= 11 is 0. The molecule has 0 saturated heterocycles. The fraction of sp³-hybridized carbons (Fsp3) is 0.208. The second-order valence-corrected chi connectivity index (χ2v) is 9.28. The average Bonchev–Trinajstić information content (AvgIpc) is 3.54. The number of benzene rings is 2. The molecule has 8 heteroatoms. The molecule has 1 amide bonds. The molecule has 0 radical (unpaired) electrons. The fourth-order valence-corrected chi connectivity index (χ4v) is 4.53. The second kappa shape index (κ2) is 8.64. The van der Waals surface area contributed by atoms with Crippen molar-refractivity contribution in [1.29, 1.82) is 0 Å². The third-order valence-corrected chi connectivity index (χ3v) is 6.72. The first-order chi connectivity index (χ1) is 15.6. The predicted molar refractivity (Wildman–Crippen MR) is 125 cm³/mol. The monoisotopic (exact) mass is 445 g/mol. The summed E-state index contributed by atoms with van der Waals surface area (Å²) in [6.07, 6.45) is 5.76. The number of imidazole rings is 1. The summed E-state index contributed by atoms with van der Waals surface area (Å²) < 4.78 is 14.8. The molecule has 32 heavy (non-hydrogen) atoms. The number of rotatable bonds is 7. The zero-order valence-electron chi connectivity index (χ0n) is 17.4. The summed E-state index contributed by atoms with van der Waals surface area (Å²) in [6.45, 7) is 0.300. The zero-order chi connectivity index (χ0) is 22.1. The molecule has 3 N–H and O–H groups in total. The highest BCUT2D eigenvalue weighted by Crippen LogP contribution is 2.27. The molecule has 1 aliphatic rings. The SMILES string of the molecule is NCCS(=O)c1nc(-c2ccccc2)cn2c(-c3ccc(C(=O)NC4CC4)cc3)cnc12. The van der Waals surface area contributed by atoms with Crippen LogP contribution in [0.3, 0.4) is 0 Å². The summed E-state index contributed by atoms with van der Waals surface area (Å²) in [5.74, 6) is 0.265. The molecule has 1 unspecified atom stereocenters. The summed E-state index contributed by atoms with van der Waals surface area (Å²) in [6, 6.07) is 17.5. The van der Waals surface area contributed by atoms with Gasteiger partial charge in [0, 0.05) is 41.2 Å². The summed E-state index contributed by atoms with van der Waals surface area (Å²) in [5, 5.41) is 3.42. The van der Waals surface area contributed by atoms with Crippen LogP contribution in [0.2, 0.25) is 0 Å². The van der Waals surface area contributed by atoms with Gasteiger partial charge in [-0.25, -0.2) is 9.97 Å². The van der Waals surface area contributed by atoms with Crippen LogP contribution in [-0.2, 0) is 10.8 Å². The molecular weight excluding hydrogens is 422 g/mol. The number of fused-ring (bicyclic) bond motifs is 1. The van der Waals surface area contributed by atoms with Gasteiger partial charge in [0.25, 0.3) is 5.91 Å². The molecule has 1 fully saturated rings. The van der Waals surface area contributed by atoms with Crippen molar-refractivity contribution < 1.29 is 9.00 Å². The normalized spacial score (nSPS) is 14.4. The molecule has 5 rings (SSSR count). The third kappa shape index (κ3) is 4.06. The van der Waals surface area contributed by atoms with E-state index in [0.717, 1.165) is 29.7 Å². The molecule has 0 aliphatic heterocycles. The van der Waals surface area contributed by atoms with E-state index in [2.05, 4.69) is 15.3 Å². The lowest BCUT2D eigenvalue weighted by molar-refractivity contribution is 0.0951. The highest BCUT2D eigenvalue weighted by Gasteiger charge is 2.24. The molecule has 1 atom stereocenters. The van der Waals surface area contributed by atoms with Gasteiger partial charge in [-0.3, -0.25) is 13.4 Å². The van der Waals surface area contributed by atoms with Crippen LogP contribution in [0, 0.1) is 0 Å². The van der Waals surface area contributed by atoms with Crippen LogP contribution < -0.4 is 11.1 Å². The number of nitrogens with zero attached hydrogens (tertiary/aromatic N) is 3. The van der Waals surface area contributed by atoms with E-state index in [1.807, 2.05) is 65.2 Å². The van der Waals surface area contributed by atoms with Crippen molar-refractivity contribution in [2.45, 2.75) is 23.9 Å². The highest BCUT2D eigenvalue weighted by molar-refractivity contribution is 7.85. The molecule has 0 bridgehead atoms. The van der Waals surface area contributed by atoms with Crippen molar-refractivity contribution in [1.82, 2.24) is 19.7 Å². The van der Waals surface area contributed by atoms with Gasteiger partial charge in [-0.15, -0.1) is 0 Å². The lowest BCUT2D eigenvalue weighted by Gasteiger charge is -2.10. The predicted octanol–water partition coefficient (Wildman–Crippen LogP) is 3.02. The van der Waals surface area contributed by atoms with Gasteiger partial charge < -0.3 is 11.1 Å². The number of hydrogen-bond acceptors (Lipinski definition) is 5. The van der Waals surface area contributed by atoms with Gasteiger partial charge in [0.2, 0.25) is 0 Å². The topological polar surface area (TPSA) is 102 Å². The Kier molecular flexibility index (Phi) is 5.55. The third-order valence-electron chi connectivity index (χ3n) is 5.41. The molecule has 2 aromatic heterocycles. The van der Waals surface area contributed by atoms with Crippen molar-refractivity contribution in [3.8, 4) is 22.5 Å². The first-order valence-corrected chi connectivity index (χ1v) is 11.9. The lowest BCUT2D eigenvalue weighted by atomic mass is 10.1. The minimum absolute atomic E-state index is 0.0489. The number of nitrogens with one attached hydrogen (secondary N) is 1. The Morgan fingerprint density at radius 3 is 2.53 bits per heavy atom. The van der Waals surface area contributed by atoms with E-state index >= 15 is 0 Å². The van der Waals surface area contributed by atoms with Crippen LogP contribution >= 0.6 is 0 Å². The Hall–Kier alpha value is -3.36. The van der Waals surface area contributed by atoms with E-state index in [0.29, 0.717) is 40.3 Å². The maximum absolute atomic E-state index is 12.9. The Morgan fingerprint density at radius 2 is 1.84 bits per heavy atom. The molecule has 0 spiro atoms. The van der Waals surface area contributed by atoms with Gasteiger partial charge in [-0.2, -0.15) is 0 Å². The van der Waals surface area contributed by atoms with E-state index < -0.39 is 10.8 Å². The number of nitrogens with two attached hydrogens (primary N) is 1. The first-order valence-electron chi connectivity index (χ1n) is 10.6. The number of aromatic nitrogens is 3. The Bertz CT molecular complexity index is 1300. The van der Waals surface area contributed by atoms with Crippen LogP contribution in [-0.4, -0.2) is 42.8 Å². The number of carbonyl (C=O) groups excluding carboxylic acids is 1. The molecule has 4 aromatic rings. The Morgan fingerprint density at radius 1 is 1.09 bits per heavy atom. The van der Waals surface area contributed by atoms with Crippen LogP contribution in [0.5, 0.6) is 0 Å². The van der Waals surface area contributed by atoms with E-state index in [1.165, 1.54) is 0 Å². The van der Waals surface area contributed by atoms with Gasteiger partial charge in [0.15, 0.2) is 10.7 Å².